The Hall–Kier alpha value is -0.130. The molecule has 0 spiro atoms. The molecule has 0 saturated heterocycles. The van der Waals surface area contributed by atoms with Crippen molar-refractivity contribution < 1.29 is 13.5 Å². The smallest absolute Gasteiger partial charge is 0.143 e. The van der Waals surface area contributed by atoms with E-state index in [9.17, 15) is 8.42 Å². The minimum absolute atomic E-state index is 0.107. The van der Waals surface area contributed by atoms with Crippen LogP contribution in [0.15, 0.2) is 0 Å². The predicted molar refractivity (Wildman–Crippen MR) is 48.7 cm³/mol. The van der Waals surface area contributed by atoms with Crippen LogP contribution in [0.5, 0.6) is 0 Å². The van der Waals surface area contributed by atoms with Crippen LogP contribution in [0.4, 0.5) is 0 Å². The first-order valence-corrected chi connectivity index (χ1v) is 5.14. The molecule has 0 aliphatic carbocycles. The summed E-state index contributed by atoms with van der Waals surface area (Å²) >= 11 is 0. The van der Waals surface area contributed by atoms with Crippen molar-refractivity contribution in [1.82, 2.24) is 0 Å². The molecule has 0 fully saturated rings. The first-order valence-electron chi connectivity index (χ1n) is 3.90. The summed E-state index contributed by atoms with van der Waals surface area (Å²) in [6.07, 6.45) is 0.672. The quantitative estimate of drug-likeness (QED) is 0.515. The Morgan fingerprint density at radius 2 is 2.00 bits per heavy atom. The maximum Gasteiger partial charge on any atom is 0.143 e. The van der Waals surface area contributed by atoms with Gasteiger partial charge in [-0.2, -0.15) is 0 Å². The number of aliphatic hydroxyl groups excluding tert-OH is 1. The van der Waals surface area contributed by atoms with Gasteiger partial charge in [-0.05, 0) is 26.7 Å². The molecule has 0 aromatic carbocycles. The van der Waals surface area contributed by atoms with Crippen molar-refractivity contribution >= 4 is 10.7 Å². The summed E-state index contributed by atoms with van der Waals surface area (Å²) in [6.45, 7) is 3.44. The average Bonchev–Trinajstić information content (AvgIpc) is 1.83. The van der Waals surface area contributed by atoms with Crippen molar-refractivity contribution in [3.63, 3.8) is 0 Å². The van der Waals surface area contributed by atoms with Crippen LogP contribution in [0.3, 0.4) is 0 Å². The summed E-state index contributed by atoms with van der Waals surface area (Å²) in [7, 11) is -2.47. The van der Waals surface area contributed by atoms with Crippen LogP contribution in [0.1, 0.15) is 26.7 Å². The van der Waals surface area contributed by atoms with E-state index >= 15 is 0 Å². The lowest BCUT2D eigenvalue weighted by Crippen LogP contribution is -2.37. The Morgan fingerprint density at radius 1 is 1.50 bits per heavy atom. The number of aliphatic hydroxyl groups is 1. The highest BCUT2D eigenvalue weighted by Crippen LogP contribution is 2.12. The highest BCUT2D eigenvalue weighted by atomic mass is 32.2. The Balaban J connectivity index is 4.14. The van der Waals surface area contributed by atoms with E-state index in [-0.39, 0.29) is 13.0 Å². The Bertz CT molecular complexity index is 187. The zero-order chi connectivity index (χ0) is 9.78. The Morgan fingerprint density at radius 3 is 2.25 bits per heavy atom. The average molecular weight is 195 g/mol. The minimum atomic E-state index is -2.47. The number of rotatable bonds is 5. The van der Waals surface area contributed by atoms with Crippen LogP contribution < -0.4 is 5.73 Å². The summed E-state index contributed by atoms with van der Waals surface area (Å²) in [6, 6.07) is 0. The molecule has 0 aromatic heterocycles. The predicted octanol–water partition coefficient (Wildman–Crippen LogP) is -0.524. The van der Waals surface area contributed by atoms with Crippen molar-refractivity contribution in [2.24, 2.45) is 5.73 Å². The van der Waals surface area contributed by atoms with Crippen LogP contribution in [0.2, 0.25) is 0 Å². The largest absolute Gasteiger partial charge is 0.396 e. The van der Waals surface area contributed by atoms with Crippen molar-refractivity contribution in [2.75, 3.05) is 6.61 Å². The van der Waals surface area contributed by atoms with Crippen LogP contribution in [0.25, 0.3) is 0 Å². The number of hydrogen-bond donors (Lipinski definition) is 3. The molecule has 0 aliphatic rings. The Kier molecular flexibility index (Phi) is 4.74. The first-order chi connectivity index (χ1) is 5.37. The highest BCUT2D eigenvalue weighted by molar-refractivity contribution is 7.73. The molecule has 3 N–H and O–H groups in total. The summed E-state index contributed by atoms with van der Waals surface area (Å²) in [5.41, 5.74) is 5.16. The molecule has 0 aliphatic heterocycles. The van der Waals surface area contributed by atoms with E-state index in [1.54, 1.807) is 13.8 Å². The van der Waals surface area contributed by atoms with Gasteiger partial charge in [0.2, 0.25) is 0 Å². The minimum Gasteiger partial charge on any atom is -0.396 e. The van der Waals surface area contributed by atoms with Crippen molar-refractivity contribution in [2.45, 2.75) is 37.5 Å². The number of hydrogen-bond acceptors (Lipinski definition) is 4. The van der Waals surface area contributed by atoms with E-state index in [2.05, 4.69) is 0 Å². The van der Waals surface area contributed by atoms with Crippen molar-refractivity contribution in [3.05, 3.63) is 0 Å². The van der Waals surface area contributed by atoms with Gasteiger partial charge in [0.25, 0.3) is 0 Å². The van der Waals surface area contributed by atoms with Crippen LogP contribution in [0, 0.1) is 0 Å². The SMILES string of the molecule is CC(C)(N)CC(CCO)[SH](=O)=O. The summed E-state index contributed by atoms with van der Waals surface area (Å²) < 4.78 is 21.3. The second-order valence-electron chi connectivity index (χ2n) is 3.64. The lowest BCUT2D eigenvalue weighted by molar-refractivity contribution is 0.278. The van der Waals surface area contributed by atoms with Crippen LogP contribution in [-0.4, -0.2) is 30.9 Å². The maximum absolute atomic E-state index is 10.6. The third-order valence-electron chi connectivity index (χ3n) is 1.52. The standard InChI is InChI=1S/C7H17NO3S/c1-7(2,8)5-6(3-4-9)12(10)11/h6,9,12H,3-5,8H2,1-2H3. The molecule has 0 radical (unpaired) electrons. The molecule has 0 rings (SSSR count). The van der Waals surface area contributed by atoms with Gasteiger partial charge in [0, 0.05) is 12.1 Å². The molecule has 1 unspecified atom stereocenters. The molecule has 0 heterocycles. The van der Waals surface area contributed by atoms with Gasteiger partial charge in [-0.3, -0.25) is 0 Å². The summed E-state index contributed by atoms with van der Waals surface area (Å²) in [5.74, 6) is 0. The van der Waals surface area contributed by atoms with E-state index in [0.29, 0.717) is 6.42 Å². The zero-order valence-corrected chi connectivity index (χ0v) is 8.38. The fraction of sp³-hybridized carbons (Fsp3) is 1.00. The van der Waals surface area contributed by atoms with Crippen LogP contribution in [-0.2, 0) is 10.7 Å². The highest BCUT2D eigenvalue weighted by Gasteiger charge is 2.20. The van der Waals surface area contributed by atoms with Crippen LogP contribution >= 0.6 is 0 Å². The Labute approximate surface area is 74.7 Å². The van der Waals surface area contributed by atoms with E-state index in [4.69, 9.17) is 10.8 Å². The van der Waals surface area contributed by atoms with Gasteiger partial charge in [-0.25, -0.2) is 8.42 Å². The van der Waals surface area contributed by atoms with Gasteiger partial charge in [0.15, 0.2) is 0 Å². The molecule has 0 aromatic rings. The second-order valence-corrected chi connectivity index (χ2v) is 4.95. The third kappa shape index (κ3) is 5.51. The molecule has 1 atom stereocenters. The van der Waals surface area contributed by atoms with Crippen molar-refractivity contribution in [3.8, 4) is 0 Å². The first kappa shape index (κ1) is 11.9. The molecule has 0 bridgehead atoms. The van der Waals surface area contributed by atoms with Gasteiger partial charge in [-0.15, -0.1) is 0 Å². The molecule has 0 saturated carbocycles. The maximum atomic E-state index is 10.6. The van der Waals surface area contributed by atoms with E-state index < -0.39 is 21.5 Å². The molecule has 74 valence electrons. The van der Waals surface area contributed by atoms with Gasteiger partial charge in [0.1, 0.15) is 10.7 Å². The number of nitrogens with two attached hydrogens (primary N) is 1. The molecular weight excluding hydrogens is 178 g/mol. The topological polar surface area (TPSA) is 80.4 Å². The van der Waals surface area contributed by atoms with E-state index in [1.807, 2.05) is 0 Å². The van der Waals surface area contributed by atoms with Gasteiger partial charge in [-0.1, -0.05) is 0 Å². The molecular formula is C7H17NO3S. The normalized spacial score (nSPS) is 15.1. The monoisotopic (exact) mass is 195 g/mol. The second kappa shape index (κ2) is 4.79. The van der Waals surface area contributed by atoms with Gasteiger partial charge < -0.3 is 10.8 Å². The third-order valence-corrected chi connectivity index (χ3v) is 2.56. The number of thiol groups is 1. The zero-order valence-electron chi connectivity index (χ0n) is 7.49. The lowest BCUT2D eigenvalue weighted by Gasteiger charge is -2.21. The molecule has 0 amide bonds. The molecule has 5 heteroatoms. The van der Waals surface area contributed by atoms with E-state index in [1.165, 1.54) is 0 Å². The van der Waals surface area contributed by atoms with Crippen molar-refractivity contribution in [1.29, 1.82) is 0 Å². The lowest BCUT2D eigenvalue weighted by atomic mass is 9.99. The fourth-order valence-corrected chi connectivity index (χ4v) is 1.98. The fourth-order valence-electron chi connectivity index (χ4n) is 1.04. The summed E-state index contributed by atoms with van der Waals surface area (Å²) in [4.78, 5) is 0. The van der Waals surface area contributed by atoms with Gasteiger partial charge >= 0.3 is 0 Å². The van der Waals surface area contributed by atoms with E-state index in [0.717, 1.165) is 0 Å². The molecule has 12 heavy (non-hydrogen) atoms. The summed E-state index contributed by atoms with van der Waals surface area (Å²) in [5, 5.41) is 8.08. The van der Waals surface area contributed by atoms with Gasteiger partial charge in [0.05, 0.1) is 5.25 Å². The molecule has 4 nitrogen and oxygen atoms in total.